The fraction of sp³-hybridized carbons (Fsp3) is 0.238. The molecule has 1 heterocycles. The van der Waals surface area contributed by atoms with E-state index >= 15 is 0 Å². The quantitative estimate of drug-likeness (QED) is 0.707. The van der Waals surface area contributed by atoms with Gasteiger partial charge in [0.1, 0.15) is 5.75 Å². The summed E-state index contributed by atoms with van der Waals surface area (Å²) in [5, 5.41) is 3.88. The van der Waals surface area contributed by atoms with Gasteiger partial charge in [-0.25, -0.2) is 0 Å². The van der Waals surface area contributed by atoms with E-state index in [0.717, 1.165) is 28.6 Å². The molecule has 1 N–H and O–H groups in total. The third kappa shape index (κ3) is 3.97. The normalized spacial score (nSPS) is 11.9. The Morgan fingerprint density at radius 2 is 1.92 bits per heavy atom. The summed E-state index contributed by atoms with van der Waals surface area (Å²) in [6.07, 6.45) is 2.74. The Hall–Kier alpha value is -2.88. The summed E-state index contributed by atoms with van der Waals surface area (Å²) in [6.45, 7) is 4.27. The van der Waals surface area contributed by atoms with Crippen molar-refractivity contribution in [3.05, 3.63) is 66.4 Å². The standard InChI is InChI=1S/C21H22N2O2/c1-3-15(2)17-10-4-5-12-19(17)25-14-20(24)23-18-11-6-8-16-9-7-13-22-21(16)18/h4-13,15H,3,14H2,1-2H3,(H,23,24). The highest BCUT2D eigenvalue weighted by atomic mass is 16.5. The van der Waals surface area contributed by atoms with Crippen LogP contribution in [0.15, 0.2) is 60.8 Å². The predicted molar refractivity (Wildman–Crippen MR) is 101 cm³/mol. The van der Waals surface area contributed by atoms with Crippen LogP contribution >= 0.6 is 0 Å². The monoisotopic (exact) mass is 334 g/mol. The van der Waals surface area contributed by atoms with Crippen LogP contribution in [0.5, 0.6) is 5.75 Å². The van der Waals surface area contributed by atoms with Gasteiger partial charge in [0.15, 0.2) is 6.61 Å². The Morgan fingerprint density at radius 1 is 1.12 bits per heavy atom. The molecule has 2 aromatic carbocycles. The molecule has 1 amide bonds. The first-order valence-electron chi connectivity index (χ1n) is 8.54. The largest absolute Gasteiger partial charge is 0.483 e. The Balaban J connectivity index is 1.70. The average Bonchev–Trinajstić information content (AvgIpc) is 2.66. The molecule has 1 atom stereocenters. The average molecular weight is 334 g/mol. The Kier molecular flexibility index (Phi) is 5.29. The minimum Gasteiger partial charge on any atom is -0.483 e. The molecule has 0 bridgehead atoms. The summed E-state index contributed by atoms with van der Waals surface area (Å²) in [4.78, 5) is 16.7. The first-order chi connectivity index (χ1) is 12.2. The predicted octanol–water partition coefficient (Wildman–Crippen LogP) is 4.77. The molecule has 4 heteroatoms. The number of anilines is 1. The maximum absolute atomic E-state index is 12.3. The molecule has 3 rings (SSSR count). The van der Waals surface area contributed by atoms with Crippen LogP contribution in [0.2, 0.25) is 0 Å². The van der Waals surface area contributed by atoms with E-state index in [4.69, 9.17) is 4.74 Å². The lowest BCUT2D eigenvalue weighted by Crippen LogP contribution is -2.21. The number of rotatable bonds is 6. The highest BCUT2D eigenvalue weighted by molar-refractivity contribution is 6.00. The molecule has 4 nitrogen and oxygen atoms in total. The highest BCUT2D eigenvalue weighted by Gasteiger charge is 2.12. The number of hydrogen-bond acceptors (Lipinski definition) is 3. The second kappa shape index (κ2) is 7.79. The van der Waals surface area contributed by atoms with Gasteiger partial charge in [0.2, 0.25) is 0 Å². The number of carbonyl (C=O) groups is 1. The van der Waals surface area contributed by atoms with Gasteiger partial charge in [0.05, 0.1) is 11.2 Å². The zero-order chi connectivity index (χ0) is 17.6. The van der Waals surface area contributed by atoms with Crippen molar-refractivity contribution < 1.29 is 9.53 Å². The summed E-state index contributed by atoms with van der Waals surface area (Å²) in [6, 6.07) is 17.4. The van der Waals surface area contributed by atoms with Crippen LogP contribution in [-0.2, 0) is 4.79 Å². The molecule has 25 heavy (non-hydrogen) atoms. The van der Waals surface area contributed by atoms with Crippen LogP contribution in [0, 0.1) is 0 Å². The molecule has 128 valence electrons. The lowest BCUT2D eigenvalue weighted by atomic mass is 9.98. The van der Waals surface area contributed by atoms with Gasteiger partial charge < -0.3 is 10.1 Å². The van der Waals surface area contributed by atoms with Crippen molar-refractivity contribution in [3.8, 4) is 5.75 Å². The number of pyridine rings is 1. The van der Waals surface area contributed by atoms with E-state index in [1.165, 1.54) is 0 Å². The van der Waals surface area contributed by atoms with E-state index in [2.05, 4.69) is 30.2 Å². The zero-order valence-corrected chi connectivity index (χ0v) is 14.5. The van der Waals surface area contributed by atoms with Gasteiger partial charge in [-0.3, -0.25) is 9.78 Å². The molecule has 0 spiro atoms. The number of nitrogens with zero attached hydrogens (tertiary/aromatic N) is 1. The molecule has 3 aromatic rings. The van der Waals surface area contributed by atoms with E-state index in [1.54, 1.807) is 6.20 Å². The lowest BCUT2D eigenvalue weighted by Gasteiger charge is -2.15. The molecule has 0 saturated carbocycles. The van der Waals surface area contributed by atoms with Crippen LogP contribution in [-0.4, -0.2) is 17.5 Å². The van der Waals surface area contributed by atoms with Gasteiger partial charge in [-0.15, -0.1) is 0 Å². The number of fused-ring (bicyclic) bond motifs is 1. The van der Waals surface area contributed by atoms with E-state index in [9.17, 15) is 4.79 Å². The summed E-state index contributed by atoms with van der Waals surface area (Å²) in [5.74, 6) is 0.960. The minimum atomic E-state index is -0.197. The van der Waals surface area contributed by atoms with Gasteiger partial charge in [-0.1, -0.05) is 50.2 Å². The second-order valence-electron chi connectivity index (χ2n) is 6.06. The number of nitrogens with one attached hydrogen (secondary N) is 1. The van der Waals surface area contributed by atoms with Gasteiger partial charge in [-0.2, -0.15) is 0 Å². The molecule has 0 fully saturated rings. The lowest BCUT2D eigenvalue weighted by molar-refractivity contribution is -0.118. The Morgan fingerprint density at radius 3 is 2.76 bits per heavy atom. The molecule has 1 unspecified atom stereocenters. The van der Waals surface area contributed by atoms with Crippen molar-refractivity contribution in [3.63, 3.8) is 0 Å². The molecule has 1 aromatic heterocycles. The van der Waals surface area contributed by atoms with E-state index in [0.29, 0.717) is 11.6 Å². The minimum absolute atomic E-state index is 0.0311. The first kappa shape index (κ1) is 17.0. The molecule has 0 aliphatic rings. The van der Waals surface area contributed by atoms with Crippen molar-refractivity contribution >= 4 is 22.5 Å². The SMILES string of the molecule is CCC(C)c1ccccc1OCC(=O)Nc1cccc2cccnc12. The number of amides is 1. The van der Waals surface area contributed by atoms with Crippen LogP contribution in [0.1, 0.15) is 31.7 Å². The second-order valence-corrected chi connectivity index (χ2v) is 6.06. The van der Waals surface area contributed by atoms with Crippen molar-refractivity contribution in [2.75, 3.05) is 11.9 Å². The van der Waals surface area contributed by atoms with Crippen LogP contribution in [0.3, 0.4) is 0 Å². The van der Waals surface area contributed by atoms with Crippen LogP contribution < -0.4 is 10.1 Å². The Labute approximate surface area is 147 Å². The highest BCUT2D eigenvalue weighted by Crippen LogP contribution is 2.28. The summed E-state index contributed by atoms with van der Waals surface area (Å²) in [5.41, 5.74) is 2.60. The third-order valence-corrected chi connectivity index (χ3v) is 4.33. The molecule has 0 aliphatic heterocycles. The molecular formula is C21H22N2O2. The summed E-state index contributed by atoms with van der Waals surface area (Å²) in [7, 11) is 0. The summed E-state index contributed by atoms with van der Waals surface area (Å²) >= 11 is 0. The molecule has 0 radical (unpaired) electrons. The number of carbonyl (C=O) groups excluding carboxylic acids is 1. The maximum Gasteiger partial charge on any atom is 0.262 e. The van der Waals surface area contributed by atoms with E-state index < -0.39 is 0 Å². The Bertz CT molecular complexity index is 871. The van der Waals surface area contributed by atoms with Gasteiger partial charge in [-0.05, 0) is 36.1 Å². The smallest absolute Gasteiger partial charge is 0.262 e. The fourth-order valence-electron chi connectivity index (χ4n) is 2.77. The van der Waals surface area contributed by atoms with Gasteiger partial charge in [0.25, 0.3) is 5.91 Å². The number of hydrogen-bond donors (Lipinski definition) is 1. The van der Waals surface area contributed by atoms with E-state index in [1.807, 2.05) is 48.5 Å². The van der Waals surface area contributed by atoms with Crippen LogP contribution in [0.4, 0.5) is 5.69 Å². The van der Waals surface area contributed by atoms with Gasteiger partial charge >= 0.3 is 0 Å². The maximum atomic E-state index is 12.3. The zero-order valence-electron chi connectivity index (χ0n) is 14.5. The first-order valence-corrected chi connectivity index (χ1v) is 8.54. The molecule has 0 aliphatic carbocycles. The summed E-state index contributed by atoms with van der Waals surface area (Å²) < 4.78 is 5.77. The number of ether oxygens (including phenoxy) is 1. The van der Waals surface area contributed by atoms with Crippen LogP contribution in [0.25, 0.3) is 10.9 Å². The van der Waals surface area contributed by atoms with E-state index in [-0.39, 0.29) is 12.5 Å². The third-order valence-electron chi connectivity index (χ3n) is 4.33. The molecule has 0 saturated heterocycles. The van der Waals surface area contributed by atoms with Crippen molar-refractivity contribution in [2.45, 2.75) is 26.2 Å². The van der Waals surface area contributed by atoms with Crippen molar-refractivity contribution in [1.29, 1.82) is 0 Å². The molecular weight excluding hydrogens is 312 g/mol. The van der Waals surface area contributed by atoms with Crippen molar-refractivity contribution in [2.24, 2.45) is 0 Å². The number of para-hydroxylation sites is 2. The number of benzene rings is 2. The topological polar surface area (TPSA) is 51.2 Å². The fourth-order valence-corrected chi connectivity index (χ4v) is 2.77. The number of aromatic nitrogens is 1. The van der Waals surface area contributed by atoms with Crippen molar-refractivity contribution in [1.82, 2.24) is 4.98 Å². The van der Waals surface area contributed by atoms with Gasteiger partial charge in [0, 0.05) is 11.6 Å².